The summed E-state index contributed by atoms with van der Waals surface area (Å²) in [4.78, 5) is 12.2. The van der Waals surface area contributed by atoms with Gasteiger partial charge in [-0.15, -0.1) is 0 Å². The van der Waals surface area contributed by atoms with E-state index in [1.165, 1.54) is 0 Å². The second kappa shape index (κ2) is 6.50. The van der Waals surface area contributed by atoms with Gasteiger partial charge >= 0.3 is 0 Å². The number of amides is 1. The molecule has 4 nitrogen and oxygen atoms in total. The second-order valence-corrected chi connectivity index (χ2v) is 5.15. The van der Waals surface area contributed by atoms with E-state index in [4.69, 9.17) is 22.1 Å². The lowest BCUT2D eigenvalue weighted by Gasteiger charge is -2.11. The topological polar surface area (TPSA) is 64.3 Å². The molecule has 0 aliphatic rings. The Morgan fingerprint density at radius 3 is 2.71 bits per heavy atom. The van der Waals surface area contributed by atoms with Gasteiger partial charge in [-0.1, -0.05) is 11.6 Å². The number of nitrogens with one attached hydrogen (secondary N) is 1. The van der Waals surface area contributed by atoms with Crippen LogP contribution in [0, 0.1) is 6.92 Å². The highest BCUT2D eigenvalue weighted by Gasteiger charge is 2.10. The summed E-state index contributed by atoms with van der Waals surface area (Å²) in [6.07, 6.45) is 0. The van der Waals surface area contributed by atoms with Crippen LogP contribution in [0.4, 0.5) is 5.69 Å². The molecule has 0 aliphatic heterocycles. The summed E-state index contributed by atoms with van der Waals surface area (Å²) in [5, 5.41) is 3.47. The van der Waals surface area contributed by atoms with Gasteiger partial charge in [-0.3, -0.25) is 4.79 Å². The maximum Gasteiger partial charge on any atom is 0.251 e. The van der Waals surface area contributed by atoms with Crippen molar-refractivity contribution in [2.75, 3.05) is 12.8 Å². The van der Waals surface area contributed by atoms with E-state index in [9.17, 15) is 4.79 Å². The van der Waals surface area contributed by atoms with Gasteiger partial charge in [0.15, 0.2) is 0 Å². The number of hydrogen-bond donors (Lipinski definition) is 2. The van der Waals surface area contributed by atoms with Gasteiger partial charge in [-0.05, 0) is 48.9 Å². The lowest BCUT2D eigenvalue weighted by atomic mass is 10.1. The Labute approximate surface area is 128 Å². The van der Waals surface area contributed by atoms with E-state index in [2.05, 4.69) is 5.32 Å². The summed E-state index contributed by atoms with van der Waals surface area (Å²) in [6.45, 7) is 2.19. The van der Waals surface area contributed by atoms with Gasteiger partial charge in [0.1, 0.15) is 5.75 Å². The lowest BCUT2D eigenvalue weighted by Crippen LogP contribution is -2.23. The van der Waals surface area contributed by atoms with E-state index >= 15 is 0 Å². The fourth-order valence-electron chi connectivity index (χ4n) is 2.09. The molecule has 0 heterocycles. The van der Waals surface area contributed by atoms with E-state index in [1.807, 2.05) is 6.92 Å². The Balaban J connectivity index is 2.12. The first kappa shape index (κ1) is 15.2. The average Bonchev–Trinajstić information content (AvgIpc) is 2.45. The average molecular weight is 305 g/mol. The van der Waals surface area contributed by atoms with Crippen molar-refractivity contribution < 1.29 is 9.53 Å². The van der Waals surface area contributed by atoms with Crippen LogP contribution in [0.2, 0.25) is 5.02 Å². The second-order valence-electron chi connectivity index (χ2n) is 4.71. The number of benzene rings is 2. The zero-order valence-electron chi connectivity index (χ0n) is 11.9. The number of ether oxygens (including phenoxy) is 1. The highest BCUT2D eigenvalue weighted by molar-refractivity contribution is 6.30. The highest BCUT2D eigenvalue weighted by Crippen LogP contribution is 2.21. The van der Waals surface area contributed by atoms with E-state index < -0.39 is 0 Å². The maximum absolute atomic E-state index is 12.2. The molecule has 0 saturated heterocycles. The Morgan fingerprint density at radius 1 is 1.29 bits per heavy atom. The molecule has 0 fully saturated rings. The van der Waals surface area contributed by atoms with Crippen LogP contribution in [-0.2, 0) is 6.54 Å². The number of methoxy groups -OCH3 is 1. The summed E-state index contributed by atoms with van der Waals surface area (Å²) in [7, 11) is 1.58. The van der Waals surface area contributed by atoms with Crippen molar-refractivity contribution in [3.8, 4) is 5.75 Å². The minimum Gasteiger partial charge on any atom is -0.496 e. The van der Waals surface area contributed by atoms with Crippen molar-refractivity contribution >= 4 is 23.2 Å². The monoisotopic (exact) mass is 304 g/mol. The molecule has 2 aromatic rings. The van der Waals surface area contributed by atoms with Crippen molar-refractivity contribution in [1.82, 2.24) is 5.32 Å². The van der Waals surface area contributed by atoms with Crippen LogP contribution in [0.25, 0.3) is 0 Å². The van der Waals surface area contributed by atoms with Crippen LogP contribution in [0.3, 0.4) is 0 Å². The van der Waals surface area contributed by atoms with Crippen LogP contribution in [0.5, 0.6) is 5.75 Å². The first-order valence-electron chi connectivity index (χ1n) is 6.48. The van der Waals surface area contributed by atoms with Crippen LogP contribution in [0.15, 0.2) is 36.4 Å². The third-order valence-electron chi connectivity index (χ3n) is 3.18. The number of hydrogen-bond acceptors (Lipinski definition) is 3. The Kier molecular flexibility index (Phi) is 4.70. The van der Waals surface area contributed by atoms with Crippen molar-refractivity contribution in [1.29, 1.82) is 0 Å². The van der Waals surface area contributed by atoms with Crippen molar-refractivity contribution in [3.63, 3.8) is 0 Å². The van der Waals surface area contributed by atoms with Gasteiger partial charge in [-0.25, -0.2) is 0 Å². The first-order chi connectivity index (χ1) is 10.0. The normalized spacial score (nSPS) is 10.2. The summed E-state index contributed by atoms with van der Waals surface area (Å²) in [6, 6.07) is 10.5. The SMILES string of the molecule is COc1ccc(N)cc1CNC(=O)c1ccc(Cl)cc1C. The summed E-state index contributed by atoms with van der Waals surface area (Å²) >= 11 is 5.89. The molecule has 110 valence electrons. The van der Waals surface area contributed by atoms with Gasteiger partial charge in [0.2, 0.25) is 0 Å². The number of rotatable bonds is 4. The lowest BCUT2D eigenvalue weighted by molar-refractivity contribution is 0.0950. The number of halogens is 1. The fraction of sp³-hybridized carbons (Fsp3) is 0.188. The fourth-order valence-corrected chi connectivity index (χ4v) is 2.32. The van der Waals surface area contributed by atoms with Gasteiger partial charge in [0.05, 0.1) is 7.11 Å². The van der Waals surface area contributed by atoms with E-state index in [0.717, 1.165) is 11.1 Å². The van der Waals surface area contributed by atoms with Crippen LogP contribution >= 0.6 is 11.6 Å². The third kappa shape index (κ3) is 3.67. The summed E-state index contributed by atoms with van der Waals surface area (Å²) in [5.41, 5.74) is 8.65. The number of nitrogen functional groups attached to an aromatic ring is 1. The molecule has 3 N–H and O–H groups in total. The molecule has 0 radical (unpaired) electrons. The Hall–Kier alpha value is -2.20. The van der Waals surface area contributed by atoms with Crippen LogP contribution in [-0.4, -0.2) is 13.0 Å². The maximum atomic E-state index is 12.2. The number of aryl methyl sites for hydroxylation is 1. The van der Waals surface area contributed by atoms with Crippen molar-refractivity contribution in [2.45, 2.75) is 13.5 Å². The standard InChI is InChI=1S/C16H17ClN2O2/c1-10-7-12(17)3-5-14(10)16(20)19-9-11-8-13(18)4-6-15(11)21-2/h3-8H,9,18H2,1-2H3,(H,19,20). The molecule has 1 amide bonds. The minimum atomic E-state index is -0.159. The molecule has 0 bridgehead atoms. The Bertz CT molecular complexity index is 671. The summed E-state index contributed by atoms with van der Waals surface area (Å²) in [5.74, 6) is 0.533. The molecule has 0 unspecified atom stereocenters. The van der Waals surface area contributed by atoms with Crippen LogP contribution in [0.1, 0.15) is 21.5 Å². The molecule has 2 rings (SSSR count). The zero-order chi connectivity index (χ0) is 15.4. The predicted octanol–water partition coefficient (Wildman–Crippen LogP) is 3.17. The van der Waals surface area contributed by atoms with Gasteiger partial charge in [0.25, 0.3) is 5.91 Å². The number of nitrogens with two attached hydrogens (primary N) is 1. The predicted molar refractivity (Wildman–Crippen MR) is 84.8 cm³/mol. The molecule has 0 aliphatic carbocycles. The number of carbonyl (C=O) groups is 1. The highest BCUT2D eigenvalue weighted by atomic mass is 35.5. The molecule has 21 heavy (non-hydrogen) atoms. The minimum absolute atomic E-state index is 0.159. The van der Waals surface area contributed by atoms with Gasteiger partial charge in [-0.2, -0.15) is 0 Å². The van der Waals surface area contributed by atoms with Crippen LogP contribution < -0.4 is 15.8 Å². The molecule has 0 atom stereocenters. The number of carbonyl (C=O) groups excluding carboxylic acids is 1. The Morgan fingerprint density at radius 2 is 2.05 bits per heavy atom. The molecular formula is C16H17ClN2O2. The third-order valence-corrected chi connectivity index (χ3v) is 3.41. The molecule has 2 aromatic carbocycles. The molecule has 0 spiro atoms. The van der Waals surface area contributed by atoms with Crippen molar-refractivity contribution in [3.05, 3.63) is 58.1 Å². The summed E-state index contributed by atoms with van der Waals surface area (Å²) < 4.78 is 5.25. The van der Waals surface area contributed by atoms with Gasteiger partial charge in [0, 0.05) is 28.4 Å². The smallest absolute Gasteiger partial charge is 0.251 e. The largest absolute Gasteiger partial charge is 0.496 e. The van der Waals surface area contributed by atoms with E-state index in [-0.39, 0.29) is 5.91 Å². The quantitative estimate of drug-likeness (QED) is 0.853. The first-order valence-corrected chi connectivity index (χ1v) is 6.86. The molecular weight excluding hydrogens is 288 g/mol. The molecule has 5 heteroatoms. The zero-order valence-corrected chi connectivity index (χ0v) is 12.7. The molecule has 0 saturated carbocycles. The van der Waals surface area contributed by atoms with E-state index in [0.29, 0.717) is 28.6 Å². The van der Waals surface area contributed by atoms with E-state index in [1.54, 1.807) is 43.5 Å². The molecule has 0 aromatic heterocycles. The van der Waals surface area contributed by atoms with Crippen molar-refractivity contribution in [2.24, 2.45) is 0 Å². The number of anilines is 1. The van der Waals surface area contributed by atoms with Gasteiger partial charge < -0.3 is 15.8 Å².